The molecular formula is C24H25N3O2S. The molecule has 1 N–H and O–H groups in total. The van der Waals surface area contributed by atoms with Crippen molar-refractivity contribution >= 4 is 27.9 Å². The molecule has 6 heteroatoms. The van der Waals surface area contributed by atoms with Crippen LogP contribution in [0, 0.1) is 0 Å². The average Bonchev–Trinajstić information content (AvgIpc) is 3.02. The topological polar surface area (TPSA) is 54.5 Å². The molecule has 0 bridgehead atoms. The third-order valence-electron chi connectivity index (χ3n) is 5.82. The number of carbonyl (C=O) groups excluding carboxylic acids is 1. The molecule has 0 unspecified atom stereocenters. The maximum atomic E-state index is 12.9. The van der Waals surface area contributed by atoms with Crippen LogP contribution >= 0.6 is 11.3 Å². The van der Waals surface area contributed by atoms with Gasteiger partial charge < -0.3 is 15.0 Å². The standard InChI is InChI=1S/C24H25N3O2S/c28-23(26-18-9-3-1-2-4-10-18)21-13-14-22(30-21)27-16-17-8-5-6-12-20(17)29-24-19(27)11-7-15-25-24/h5-8,11-15,18H,1-4,9-10,16H2,(H,26,28). The van der Waals surface area contributed by atoms with Crippen LogP contribution in [0.4, 0.5) is 10.7 Å². The van der Waals surface area contributed by atoms with Gasteiger partial charge in [-0.25, -0.2) is 4.98 Å². The highest BCUT2D eigenvalue weighted by Gasteiger charge is 2.25. The molecule has 0 spiro atoms. The molecule has 0 radical (unpaired) electrons. The van der Waals surface area contributed by atoms with E-state index in [1.165, 1.54) is 37.0 Å². The predicted octanol–water partition coefficient (Wildman–Crippen LogP) is 6.04. The van der Waals surface area contributed by atoms with Gasteiger partial charge in [0.15, 0.2) is 0 Å². The molecule has 3 aromatic rings. The van der Waals surface area contributed by atoms with Crippen LogP contribution in [0.25, 0.3) is 0 Å². The second-order valence-electron chi connectivity index (χ2n) is 7.92. The number of anilines is 2. The Labute approximate surface area is 180 Å². The van der Waals surface area contributed by atoms with Crippen LogP contribution in [-0.2, 0) is 6.54 Å². The van der Waals surface area contributed by atoms with E-state index in [0.29, 0.717) is 18.5 Å². The number of hydrogen-bond donors (Lipinski definition) is 1. The summed E-state index contributed by atoms with van der Waals surface area (Å²) in [5, 5.41) is 4.26. The highest BCUT2D eigenvalue weighted by Crippen LogP contribution is 2.43. The van der Waals surface area contributed by atoms with Crippen LogP contribution in [0.1, 0.15) is 53.8 Å². The van der Waals surface area contributed by atoms with E-state index < -0.39 is 0 Å². The van der Waals surface area contributed by atoms with Crippen LogP contribution < -0.4 is 15.0 Å². The summed E-state index contributed by atoms with van der Waals surface area (Å²) in [5.74, 6) is 1.44. The van der Waals surface area contributed by atoms with Crippen molar-refractivity contribution in [2.45, 2.75) is 51.1 Å². The van der Waals surface area contributed by atoms with E-state index in [1.807, 2.05) is 42.5 Å². The van der Waals surface area contributed by atoms with E-state index in [0.717, 1.165) is 39.7 Å². The molecule has 1 aromatic carbocycles. The van der Waals surface area contributed by atoms with Crippen molar-refractivity contribution in [3.05, 3.63) is 65.2 Å². The minimum Gasteiger partial charge on any atom is -0.437 e. The fourth-order valence-electron chi connectivity index (χ4n) is 4.23. The second-order valence-corrected chi connectivity index (χ2v) is 8.99. The minimum absolute atomic E-state index is 0.0380. The van der Waals surface area contributed by atoms with Gasteiger partial charge in [-0.2, -0.15) is 0 Å². The van der Waals surface area contributed by atoms with E-state index in [2.05, 4.69) is 21.3 Å². The van der Waals surface area contributed by atoms with Crippen molar-refractivity contribution in [1.29, 1.82) is 0 Å². The lowest BCUT2D eigenvalue weighted by Gasteiger charge is -2.21. The fourth-order valence-corrected chi connectivity index (χ4v) is 5.15. The summed E-state index contributed by atoms with van der Waals surface area (Å²) in [4.78, 5) is 20.3. The minimum atomic E-state index is 0.0380. The zero-order valence-electron chi connectivity index (χ0n) is 16.8. The van der Waals surface area contributed by atoms with Gasteiger partial charge in [-0.15, -0.1) is 11.3 Å². The van der Waals surface area contributed by atoms with E-state index in [-0.39, 0.29) is 5.91 Å². The molecule has 1 fully saturated rings. The van der Waals surface area contributed by atoms with Gasteiger partial charge in [0.05, 0.1) is 16.4 Å². The number of amides is 1. The zero-order chi connectivity index (χ0) is 20.3. The number of rotatable bonds is 3. The molecule has 5 rings (SSSR count). The van der Waals surface area contributed by atoms with Gasteiger partial charge in [0.25, 0.3) is 5.91 Å². The maximum Gasteiger partial charge on any atom is 0.261 e. The smallest absolute Gasteiger partial charge is 0.261 e. The Kier molecular flexibility index (Phi) is 5.41. The number of fused-ring (bicyclic) bond motifs is 2. The molecule has 154 valence electrons. The monoisotopic (exact) mass is 419 g/mol. The maximum absolute atomic E-state index is 12.9. The third-order valence-corrected chi connectivity index (χ3v) is 6.93. The molecule has 0 saturated heterocycles. The summed E-state index contributed by atoms with van der Waals surface area (Å²) < 4.78 is 6.09. The summed E-state index contributed by atoms with van der Waals surface area (Å²) in [7, 11) is 0. The van der Waals surface area contributed by atoms with Crippen molar-refractivity contribution in [3.63, 3.8) is 0 Å². The van der Waals surface area contributed by atoms with Crippen LogP contribution in [0.15, 0.2) is 54.7 Å². The van der Waals surface area contributed by atoms with Crippen molar-refractivity contribution in [2.24, 2.45) is 0 Å². The molecule has 30 heavy (non-hydrogen) atoms. The number of hydrogen-bond acceptors (Lipinski definition) is 5. The largest absolute Gasteiger partial charge is 0.437 e. The molecule has 1 saturated carbocycles. The fraction of sp³-hybridized carbons (Fsp3) is 0.333. The second kappa shape index (κ2) is 8.48. The Bertz CT molecular complexity index is 1040. The number of carbonyl (C=O) groups is 1. The molecular weight excluding hydrogens is 394 g/mol. The van der Waals surface area contributed by atoms with Crippen LogP contribution in [0.3, 0.4) is 0 Å². The summed E-state index contributed by atoms with van der Waals surface area (Å²) in [6.07, 6.45) is 8.88. The van der Waals surface area contributed by atoms with Crippen molar-refractivity contribution < 1.29 is 9.53 Å². The molecule has 0 atom stereocenters. The molecule has 3 heterocycles. The Morgan fingerprint density at radius 3 is 2.73 bits per heavy atom. The summed E-state index contributed by atoms with van der Waals surface area (Å²) in [5.41, 5.74) is 2.00. The Balaban J connectivity index is 1.41. The SMILES string of the molecule is O=C(NC1CCCCCC1)c1ccc(N2Cc3ccccc3Oc3ncccc32)s1. The van der Waals surface area contributed by atoms with Crippen LogP contribution in [0.5, 0.6) is 11.6 Å². The van der Waals surface area contributed by atoms with Gasteiger partial charge in [0, 0.05) is 17.8 Å². The average molecular weight is 420 g/mol. The van der Waals surface area contributed by atoms with E-state index in [4.69, 9.17) is 4.74 Å². The molecule has 2 aromatic heterocycles. The Hall–Kier alpha value is -2.86. The van der Waals surface area contributed by atoms with E-state index in [1.54, 1.807) is 6.20 Å². The number of para-hydroxylation sites is 1. The number of thiophene rings is 1. The molecule has 1 aliphatic carbocycles. The van der Waals surface area contributed by atoms with Crippen molar-refractivity contribution in [2.75, 3.05) is 4.90 Å². The number of benzene rings is 1. The number of aromatic nitrogens is 1. The summed E-state index contributed by atoms with van der Waals surface area (Å²) >= 11 is 1.52. The van der Waals surface area contributed by atoms with Gasteiger partial charge in [0.2, 0.25) is 5.88 Å². The first kappa shape index (κ1) is 19.1. The molecule has 1 amide bonds. The van der Waals surface area contributed by atoms with Gasteiger partial charge in [0.1, 0.15) is 11.4 Å². The number of nitrogens with zero attached hydrogens (tertiary/aromatic N) is 2. The van der Waals surface area contributed by atoms with Crippen LogP contribution in [-0.4, -0.2) is 16.9 Å². The van der Waals surface area contributed by atoms with Gasteiger partial charge >= 0.3 is 0 Å². The molecule has 2 aliphatic rings. The van der Waals surface area contributed by atoms with Gasteiger partial charge in [-0.05, 0) is 43.2 Å². The van der Waals surface area contributed by atoms with E-state index in [9.17, 15) is 4.79 Å². The highest BCUT2D eigenvalue weighted by molar-refractivity contribution is 7.18. The predicted molar refractivity (Wildman–Crippen MR) is 120 cm³/mol. The van der Waals surface area contributed by atoms with Crippen molar-refractivity contribution in [3.8, 4) is 11.6 Å². The Morgan fingerprint density at radius 1 is 1.03 bits per heavy atom. The first-order valence-electron chi connectivity index (χ1n) is 10.7. The van der Waals surface area contributed by atoms with Crippen molar-refractivity contribution in [1.82, 2.24) is 10.3 Å². The molecule has 5 nitrogen and oxygen atoms in total. The van der Waals surface area contributed by atoms with Crippen LogP contribution in [0.2, 0.25) is 0 Å². The number of ether oxygens (including phenoxy) is 1. The lowest BCUT2D eigenvalue weighted by Crippen LogP contribution is -2.33. The van der Waals surface area contributed by atoms with Gasteiger partial charge in [-0.3, -0.25) is 4.79 Å². The van der Waals surface area contributed by atoms with Gasteiger partial charge in [-0.1, -0.05) is 43.9 Å². The molecule has 1 aliphatic heterocycles. The quantitative estimate of drug-likeness (QED) is 0.526. The first-order valence-corrected chi connectivity index (χ1v) is 11.5. The third kappa shape index (κ3) is 3.92. The lowest BCUT2D eigenvalue weighted by atomic mass is 10.1. The normalized spacial score (nSPS) is 16.6. The Morgan fingerprint density at radius 2 is 1.87 bits per heavy atom. The summed E-state index contributed by atoms with van der Waals surface area (Å²) in [6.45, 7) is 0.666. The highest BCUT2D eigenvalue weighted by atomic mass is 32.1. The first-order chi connectivity index (χ1) is 14.8. The number of pyridine rings is 1. The lowest BCUT2D eigenvalue weighted by molar-refractivity contribution is 0.0937. The number of nitrogens with one attached hydrogen (secondary N) is 1. The zero-order valence-corrected chi connectivity index (χ0v) is 17.7. The van der Waals surface area contributed by atoms with E-state index >= 15 is 0 Å². The summed E-state index contributed by atoms with van der Waals surface area (Å²) in [6, 6.07) is 16.2.